The van der Waals surface area contributed by atoms with Crippen LogP contribution in [0.15, 0.2) is 18.2 Å². The summed E-state index contributed by atoms with van der Waals surface area (Å²) >= 11 is 7.28. The summed E-state index contributed by atoms with van der Waals surface area (Å²) in [5.74, 6) is 6.80. The highest BCUT2D eigenvalue weighted by molar-refractivity contribution is 8.13. The summed E-state index contributed by atoms with van der Waals surface area (Å²) in [4.78, 5) is 10.7. The molecule has 0 unspecified atom stereocenters. The van der Waals surface area contributed by atoms with Crippen LogP contribution in [-0.4, -0.2) is 10.9 Å². The average Bonchev–Trinajstić information content (AvgIpc) is 2.22. The summed E-state index contributed by atoms with van der Waals surface area (Å²) in [6, 6.07) is 5.77. The molecule has 0 saturated heterocycles. The largest absolute Gasteiger partial charge is 0.288 e. The molecule has 1 aromatic carbocycles. The third-order valence-electron chi connectivity index (χ3n) is 1.94. The summed E-state index contributed by atoms with van der Waals surface area (Å²) in [6.07, 6.45) is 0.718. The van der Waals surface area contributed by atoms with E-state index in [1.54, 1.807) is 6.92 Å². The van der Waals surface area contributed by atoms with Crippen molar-refractivity contribution in [3.05, 3.63) is 34.3 Å². The Morgan fingerprint density at radius 3 is 2.88 bits per heavy atom. The van der Waals surface area contributed by atoms with Gasteiger partial charge in [0.25, 0.3) is 0 Å². The van der Waals surface area contributed by atoms with Gasteiger partial charge in [0.1, 0.15) is 0 Å². The molecule has 84 valence electrons. The minimum Gasteiger partial charge on any atom is -0.288 e. The van der Waals surface area contributed by atoms with Crippen LogP contribution in [0.2, 0.25) is 5.02 Å². The molecule has 16 heavy (non-hydrogen) atoms. The molecule has 0 saturated carbocycles. The third kappa shape index (κ3) is 4.74. The highest BCUT2D eigenvalue weighted by atomic mass is 35.5. The van der Waals surface area contributed by atoms with E-state index in [1.807, 2.05) is 25.1 Å². The molecule has 1 nitrogen and oxygen atoms in total. The molecule has 0 bridgehead atoms. The number of benzene rings is 1. The van der Waals surface area contributed by atoms with E-state index in [0.717, 1.165) is 28.3 Å². The second-order valence-corrected chi connectivity index (χ2v) is 5.03. The molecule has 0 atom stereocenters. The summed E-state index contributed by atoms with van der Waals surface area (Å²) in [5, 5.41) is 0.880. The molecule has 0 aliphatic carbocycles. The lowest BCUT2D eigenvalue weighted by Crippen LogP contribution is -1.84. The molecule has 3 heteroatoms. The first-order valence-electron chi connectivity index (χ1n) is 4.98. The molecule has 0 spiro atoms. The van der Waals surface area contributed by atoms with Crippen molar-refractivity contribution < 1.29 is 4.79 Å². The molecular weight excluding hydrogens is 240 g/mol. The smallest absolute Gasteiger partial charge is 0.185 e. The minimum atomic E-state index is 0.139. The monoisotopic (exact) mass is 252 g/mol. The molecule has 0 N–H and O–H groups in total. The summed E-state index contributed by atoms with van der Waals surface area (Å²) in [6.45, 7) is 3.53. The van der Waals surface area contributed by atoms with Gasteiger partial charge in [-0.2, -0.15) is 0 Å². The maximum absolute atomic E-state index is 10.7. The van der Waals surface area contributed by atoms with Gasteiger partial charge in [0.15, 0.2) is 5.12 Å². The third-order valence-corrected chi connectivity index (χ3v) is 3.16. The van der Waals surface area contributed by atoms with Crippen LogP contribution in [-0.2, 0) is 4.79 Å². The van der Waals surface area contributed by atoms with Crippen molar-refractivity contribution in [3.8, 4) is 11.8 Å². The van der Waals surface area contributed by atoms with Gasteiger partial charge in [-0.15, -0.1) is 0 Å². The highest BCUT2D eigenvalue weighted by Gasteiger charge is 1.94. The van der Waals surface area contributed by atoms with Crippen LogP contribution in [0.4, 0.5) is 0 Å². The van der Waals surface area contributed by atoms with E-state index in [4.69, 9.17) is 11.6 Å². The molecule has 0 radical (unpaired) electrons. The fourth-order valence-electron chi connectivity index (χ4n) is 1.08. The Labute approximate surface area is 106 Å². The second-order valence-electron chi connectivity index (χ2n) is 3.36. The van der Waals surface area contributed by atoms with Crippen molar-refractivity contribution in [2.45, 2.75) is 20.3 Å². The van der Waals surface area contributed by atoms with Crippen LogP contribution in [0.3, 0.4) is 0 Å². The Morgan fingerprint density at radius 2 is 2.25 bits per heavy atom. The van der Waals surface area contributed by atoms with E-state index >= 15 is 0 Å². The molecular formula is C13H13ClOS. The van der Waals surface area contributed by atoms with Crippen LogP contribution in [0.5, 0.6) is 0 Å². The molecule has 0 amide bonds. The number of rotatable bonds is 2. The molecule has 1 rings (SSSR count). The van der Waals surface area contributed by atoms with Crippen LogP contribution >= 0.6 is 23.4 Å². The van der Waals surface area contributed by atoms with Gasteiger partial charge in [-0.25, -0.2) is 0 Å². The van der Waals surface area contributed by atoms with Gasteiger partial charge in [-0.05, 0) is 24.6 Å². The molecule has 0 fully saturated rings. The highest BCUT2D eigenvalue weighted by Crippen LogP contribution is 2.15. The number of hydrogen-bond acceptors (Lipinski definition) is 2. The van der Waals surface area contributed by atoms with E-state index in [0.29, 0.717) is 0 Å². The van der Waals surface area contributed by atoms with Crippen LogP contribution in [0.1, 0.15) is 24.5 Å². The topological polar surface area (TPSA) is 17.1 Å². The Morgan fingerprint density at radius 1 is 1.50 bits per heavy atom. The van der Waals surface area contributed by atoms with Gasteiger partial charge in [0.2, 0.25) is 0 Å². The first-order chi connectivity index (χ1) is 7.59. The number of thioether (sulfide) groups is 1. The van der Waals surface area contributed by atoms with E-state index in [9.17, 15) is 4.79 Å². The van der Waals surface area contributed by atoms with E-state index in [-0.39, 0.29) is 5.12 Å². The van der Waals surface area contributed by atoms with E-state index in [2.05, 4.69) is 11.8 Å². The van der Waals surface area contributed by atoms with Gasteiger partial charge in [-0.3, -0.25) is 4.79 Å². The van der Waals surface area contributed by atoms with E-state index in [1.165, 1.54) is 11.8 Å². The Kier molecular flexibility index (Phi) is 5.45. The first kappa shape index (κ1) is 13.2. The quantitative estimate of drug-likeness (QED) is 0.590. The second kappa shape index (κ2) is 6.62. The predicted molar refractivity (Wildman–Crippen MR) is 70.8 cm³/mol. The van der Waals surface area contributed by atoms with E-state index < -0.39 is 0 Å². The van der Waals surface area contributed by atoms with Gasteiger partial charge < -0.3 is 0 Å². The first-order valence-corrected chi connectivity index (χ1v) is 6.34. The minimum absolute atomic E-state index is 0.139. The number of aryl methyl sites for hydroxylation is 1. The maximum Gasteiger partial charge on any atom is 0.185 e. The lowest BCUT2D eigenvalue weighted by Gasteiger charge is -1.96. The SMILES string of the molecule is CC(=O)SCCC#Cc1ccc(C)c(Cl)c1. The molecule has 0 aliphatic heterocycles. The predicted octanol–water partition coefficient (Wildman–Crippen LogP) is 3.67. The van der Waals surface area contributed by atoms with Crippen LogP contribution < -0.4 is 0 Å². The van der Waals surface area contributed by atoms with Gasteiger partial charge in [0.05, 0.1) is 0 Å². The van der Waals surface area contributed by atoms with Crippen LogP contribution in [0.25, 0.3) is 0 Å². The van der Waals surface area contributed by atoms with Crippen molar-refractivity contribution in [2.24, 2.45) is 0 Å². The van der Waals surface area contributed by atoms with Gasteiger partial charge in [0, 0.05) is 29.7 Å². The lowest BCUT2D eigenvalue weighted by atomic mass is 10.1. The Balaban J connectivity index is 2.50. The zero-order chi connectivity index (χ0) is 12.0. The fourth-order valence-corrected chi connectivity index (χ4v) is 1.75. The molecule has 0 aromatic heterocycles. The molecule has 0 heterocycles. The zero-order valence-electron chi connectivity index (χ0n) is 9.34. The molecule has 1 aromatic rings. The zero-order valence-corrected chi connectivity index (χ0v) is 10.9. The number of carbonyl (C=O) groups is 1. The molecule has 0 aliphatic rings. The standard InChI is InChI=1S/C13H13ClOS/c1-10-6-7-12(9-13(10)14)5-3-4-8-16-11(2)15/h6-7,9H,4,8H2,1-2H3. The van der Waals surface area contributed by atoms with Crippen molar-refractivity contribution in [3.63, 3.8) is 0 Å². The lowest BCUT2D eigenvalue weighted by molar-refractivity contribution is -0.109. The fraction of sp³-hybridized carbons (Fsp3) is 0.308. The number of carbonyl (C=O) groups excluding carboxylic acids is 1. The Bertz CT molecular complexity index is 443. The van der Waals surface area contributed by atoms with Crippen molar-refractivity contribution in [2.75, 3.05) is 5.75 Å². The van der Waals surface area contributed by atoms with Crippen molar-refractivity contribution in [1.82, 2.24) is 0 Å². The number of halogens is 1. The van der Waals surface area contributed by atoms with Crippen LogP contribution in [0, 0.1) is 18.8 Å². The summed E-state index contributed by atoms with van der Waals surface area (Å²) < 4.78 is 0. The Hall–Kier alpha value is -0.910. The average molecular weight is 253 g/mol. The maximum atomic E-state index is 10.7. The number of hydrogen-bond donors (Lipinski definition) is 0. The summed E-state index contributed by atoms with van der Waals surface area (Å²) in [7, 11) is 0. The van der Waals surface area contributed by atoms with Gasteiger partial charge in [-0.1, -0.05) is 41.3 Å². The summed E-state index contributed by atoms with van der Waals surface area (Å²) in [5.41, 5.74) is 1.97. The van der Waals surface area contributed by atoms with Crippen molar-refractivity contribution in [1.29, 1.82) is 0 Å². The normalized spacial score (nSPS) is 9.44. The van der Waals surface area contributed by atoms with Crippen molar-refractivity contribution >= 4 is 28.5 Å². The van der Waals surface area contributed by atoms with Gasteiger partial charge >= 0.3 is 0 Å².